The van der Waals surface area contributed by atoms with Gasteiger partial charge in [0.05, 0.1) is 0 Å². The van der Waals surface area contributed by atoms with Gasteiger partial charge >= 0.3 is 11.9 Å². The van der Waals surface area contributed by atoms with Crippen LogP contribution in [-0.2, 0) is 28.7 Å². The molecule has 0 aromatic carbocycles. The number of esters is 2. The smallest absolute Gasteiger partial charge is 0.417 e. The maximum absolute atomic E-state index is 10.7. The van der Waals surface area contributed by atoms with E-state index in [1.165, 1.54) is 13.8 Å². The van der Waals surface area contributed by atoms with Gasteiger partial charge < -0.3 is 9.47 Å². The summed E-state index contributed by atoms with van der Waals surface area (Å²) < 4.78 is 8.45. The standard InChI is InChI=1S/C8H10O6/c1-5(9)3-13-7(11)8(12)14-4-6(2)10/h3-4H2,1-2H3. The molecule has 6 nitrogen and oxygen atoms in total. The molecule has 0 aliphatic carbocycles. The minimum Gasteiger partial charge on any atom is -0.449 e. The van der Waals surface area contributed by atoms with Crippen LogP contribution in [0.15, 0.2) is 0 Å². The molecule has 78 valence electrons. The summed E-state index contributed by atoms with van der Waals surface area (Å²) in [5, 5.41) is 0. The molecule has 0 fully saturated rings. The molecular formula is C8H10O6. The van der Waals surface area contributed by atoms with Crippen LogP contribution in [0, 0.1) is 0 Å². The molecule has 0 aromatic heterocycles. The van der Waals surface area contributed by atoms with Crippen molar-refractivity contribution < 1.29 is 28.7 Å². The first-order valence-electron chi connectivity index (χ1n) is 3.76. The molecule has 0 radical (unpaired) electrons. The predicted molar refractivity (Wildman–Crippen MR) is 43.3 cm³/mol. The van der Waals surface area contributed by atoms with E-state index < -0.39 is 36.7 Å². The maximum Gasteiger partial charge on any atom is 0.417 e. The Morgan fingerprint density at radius 2 is 1.07 bits per heavy atom. The maximum atomic E-state index is 10.7. The lowest BCUT2D eigenvalue weighted by molar-refractivity contribution is -0.169. The molecule has 14 heavy (non-hydrogen) atoms. The molecule has 0 N–H and O–H groups in total. The van der Waals surface area contributed by atoms with Crippen molar-refractivity contribution in [1.29, 1.82) is 0 Å². The van der Waals surface area contributed by atoms with Crippen LogP contribution >= 0.6 is 0 Å². The van der Waals surface area contributed by atoms with Crippen molar-refractivity contribution in [2.75, 3.05) is 13.2 Å². The van der Waals surface area contributed by atoms with Gasteiger partial charge in [0.15, 0.2) is 11.6 Å². The van der Waals surface area contributed by atoms with Crippen LogP contribution < -0.4 is 0 Å². The van der Waals surface area contributed by atoms with Crippen LogP contribution in [0.3, 0.4) is 0 Å². The summed E-state index contributed by atoms with van der Waals surface area (Å²) in [6.07, 6.45) is 0. The Morgan fingerprint density at radius 3 is 1.29 bits per heavy atom. The summed E-state index contributed by atoms with van der Waals surface area (Å²) in [6.45, 7) is 1.45. The van der Waals surface area contributed by atoms with Crippen molar-refractivity contribution in [3.05, 3.63) is 0 Å². The molecule has 0 saturated heterocycles. The molecule has 0 heterocycles. The number of carbonyl (C=O) groups is 4. The van der Waals surface area contributed by atoms with Gasteiger partial charge in [0.2, 0.25) is 0 Å². The summed E-state index contributed by atoms with van der Waals surface area (Å²) in [7, 11) is 0. The van der Waals surface area contributed by atoms with Crippen molar-refractivity contribution in [1.82, 2.24) is 0 Å². The van der Waals surface area contributed by atoms with Gasteiger partial charge in [-0.25, -0.2) is 9.59 Å². The third-order valence-electron chi connectivity index (χ3n) is 0.980. The Bertz CT molecular complexity index is 239. The van der Waals surface area contributed by atoms with Crippen molar-refractivity contribution >= 4 is 23.5 Å². The second-order valence-electron chi connectivity index (χ2n) is 2.56. The van der Waals surface area contributed by atoms with Crippen molar-refractivity contribution in [2.45, 2.75) is 13.8 Å². The predicted octanol–water partition coefficient (Wildman–Crippen LogP) is -0.749. The summed E-state index contributed by atoms with van der Waals surface area (Å²) in [5.74, 6) is -3.33. The average Bonchev–Trinajstić information content (AvgIpc) is 2.09. The van der Waals surface area contributed by atoms with Crippen LogP contribution in [0.2, 0.25) is 0 Å². The number of ketones is 2. The Morgan fingerprint density at radius 1 is 0.786 bits per heavy atom. The lowest BCUT2D eigenvalue weighted by Gasteiger charge is -2.01. The largest absolute Gasteiger partial charge is 0.449 e. The van der Waals surface area contributed by atoms with E-state index >= 15 is 0 Å². The highest BCUT2D eigenvalue weighted by Gasteiger charge is 2.18. The van der Waals surface area contributed by atoms with E-state index in [0.29, 0.717) is 0 Å². The van der Waals surface area contributed by atoms with Crippen LogP contribution in [0.4, 0.5) is 0 Å². The summed E-state index contributed by atoms with van der Waals surface area (Å²) >= 11 is 0. The third kappa shape index (κ3) is 5.87. The minimum absolute atomic E-state index is 0.391. The molecule has 0 aliphatic heterocycles. The first kappa shape index (κ1) is 12.3. The summed E-state index contributed by atoms with van der Waals surface area (Å²) in [6, 6.07) is 0. The molecule has 0 spiro atoms. The van der Waals surface area contributed by atoms with Gasteiger partial charge in [0.1, 0.15) is 13.2 Å². The monoisotopic (exact) mass is 202 g/mol. The van der Waals surface area contributed by atoms with E-state index in [9.17, 15) is 19.2 Å². The van der Waals surface area contributed by atoms with Crippen molar-refractivity contribution in [3.8, 4) is 0 Å². The number of Topliss-reactive ketones (excluding diaryl/α,β-unsaturated/α-hetero) is 2. The lowest BCUT2D eigenvalue weighted by atomic mass is 10.5. The molecule has 0 atom stereocenters. The van der Waals surface area contributed by atoms with Crippen molar-refractivity contribution in [2.24, 2.45) is 0 Å². The highest BCUT2D eigenvalue weighted by atomic mass is 16.6. The summed E-state index contributed by atoms with van der Waals surface area (Å²) in [5.41, 5.74) is 0. The zero-order valence-corrected chi connectivity index (χ0v) is 7.86. The Kier molecular flexibility index (Phi) is 5.13. The molecule has 0 aromatic rings. The molecule has 6 heteroatoms. The zero-order chi connectivity index (χ0) is 11.1. The lowest BCUT2D eigenvalue weighted by Crippen LogP contribution is -2.24. The van der Waals surface area contributed by atoms with E-state index in [4.69, 9.17) is 0 Å². The van der Waals surface area contributed by atoms with E-state index in [0.717, 1.165) is 0 Å². The zero-order valence-electron chi connectivity index (χ0n) is 7.86. The molecule has 0 rings (SSSR count). The molecule has 0 aliphatic rings. The third-order valence-corrected chi connectivity index (χ3v) is 0.980. The number of ether oxygens (including phenoxy) is 2. The van der Waals surface area contributed by atoms with Crippen LogP contribution in [0.25, 0.3) is 0 Å². The summed E-state index contributed by atoms with van der Waals surface area (Å²) in [4.78, 5) is 42.1. The first-order valence-corrected chi connectivity index (χ1v) is 3.76. The van der Waals surface area contributed by atoms with E-state index in [2.05, 4.69) is 9.47 Å². The number of hydrogen-bond donors (Lipinski definition) is 0. The van der Waals surface area contributed by atoms with E-state index in [1.807, 2.05) is 0 Å². The number of rotatable bonds is 4. The second-order valence-corrected chi connectivity index (χ2v) is 2.56. The fourth-order valence-corrected chi connectivity index (χ4v) is 0.452. The van der Waals surface area contributed by atoms with Gasteiger partial charge in [-0.3, -0.25) is 9.59 Å². The molecule has 0 saturated carbocycles. The van der Waals surface area contributed by atoms with Crippen LogP contribution in [-0.4, -0.2) is 36.7 Å². The van der Waals surface area contributed by atoms with Gasteiger partial charge in [-0.05, 0) is 13.8 Å². The highest BCUT2D eigenvalue weighted by molar-refractivity contribution is 6.30. The van der Waals surface area contributed by atoms with Gasteiger partial charge in [-0.2, -0.15) is 0 Å². The SMILES string of the molecule is CC(=O)COC(=O)C(=O)OCC(C)=O. The fourth-order valence-electron chi connectivity index (χ4n) is 0.452. The normalized spacial score (nSPS) is 9.00. The van der Waals surface area contributed by atoms with Crippen LogP contribution in [0.5, 0.6) is 0 Å². The topological polar surface area (TPSA) is 86.7 Å². The first-order chi connectivity index (χ1) is 6.43. The van der Waals surface area contributed by atoms with Gasteiger partial charge in [0, 0.05) is 0 Å². The van der Waals surface area contributed by atoms with Gasteiger partial charge in [-0.1, -0.05) is 0 Å². The fraction of sp³-hybridized carbons (Fsp3) is 0.500. The number of carbonyl (C=O) groups excluding carboxylic acids is 4. The minimum atomic E-state index is -1.28. The number of hydrogen-bond acceptors (Lipinski definition) is 6. The van der Waals surface area contributed by atoms with Gasteiger partial charge in [0.25, 0.3) is 0 Å². The highest BCUT2D eigenvalue weighted by Crippen LogP contribution is 1.86. The molecule has 0 bridgehead atoms. The van der Waals surface area contributed by atoms with E-state index in [1.54, 1.807) is 0 Å². The second kappa shape index (κ2) is 5.85. The molecular weight excluding hydrogens is 192 g/mol. The van der Waals surface area contributed by atoms with Crippen molar-refractivity contribution in [3.63, 3.8) is 0 Å². The van der Waals surface area contributed by atoms with E-state index in [-0.39, 0.29) is 0 Å². The Balaban J connectivity index is 3.82. The van der Waals surface area contributed by atoms with Gasteiger partial charge in [-0.15, -0.1) is 0 Å². The molecule has 0 amide bonds. The quantitative estimate of drug-likeness (QED) is 0.440. The van der Waals surface area contributed by atoms with Crippen LogP contribution in [0.1, 0.15) is 13.8 Å². The molecule has 0 unspecified atom stereocenters. The Hall–Kier alpha value is -1.72. The average molecular weight is 202 g/mol. The Labute approximate surface area is 80.2 Å².